The third kappa shape index (κ3) is 3.26. The van der Waals surface area contributed by atoms with E-state index >= 15 is 0 Å². The van der Waals surface area contributed by atoms with Gasteiger partial charge in [0.15, 0.2) is 0 Å². The van der Waals surface area contributed by atoms with Gasteiger partial charge >= 0.3 is 0 Å². The molecule has 1 aromatic carbocycles. The van der Waals surface area contributed by atoms with Crippen LogP contribution in [0, 0.1) is 5.41 Å². The quantitative estimate of drug-likeness (QED) is 0.879. The predicted molar refractivity (Wildman–Crippen MR) is 76.4 cm³/mol. The molecule has 1 atom stereocenters. The standard InChI is InChI=1S/C15H22N2O2/c1-15(2)8-5-9-16-13(15)14(18)17-11-6-4-7-12(10-11)19-3/h4,6-7,10,13,16H,5,8-9H2,1-3H3,(H,17,18). The summed E-state index contributed by atoms with van der Waals surface area (Å²) in [6, 6.07) is 7.28. The van der Waals surface area contributed by atoms with E-state index in [4.69, 9.17) is 4.74 Å². The number of rotatable bonds is 3. The van der Waals surface area contributed by atoms with Gasteiger partial charge in [-0.15, -0.1) is 0 Å². The first-order chi connectivity index (χ1) is 9.03. The third-order valence-corrected chi connectivity index (χ3v) is 3.73. The number of carbonyl (C=O) groups excluding carboxylic acids is 1. The molecule has 1 aromatic rings. The number of amides is 1. The molecule has 1 fully saturated rings. The van der Waals surface area contributed by atoms with Crippen molar-refractivity contribution in [2.24, 2.45) is 5.41 Å². The van der Waals surface area contributed by atoms with E-state index in [1.165, 1.54) is 0 Å². The summed E-state index contributed by atoms with van der Waals surface area (Å²) in [4.78, 5) is 12.4. The van der Waals surface area contributed by atoms with Crippen molar-refractivity contribution in [3.63, 3.8) is 0 Å². The highest BCUT2D eigenvalue weighted by Crippen LogP contribution is 2.31. The van der Waals surface area contributed by atoms with Gasteiger partial charge in [0, 0.05) is 11.8 Å². The van der Waals surface area contributed by atoms with E-state index < -0.39 is 0 Å². The first-order valence-electron chi connectivity index (χ1n) is 6.71. The third-order valence-electron chi connectivity index (χ3n) is 3.73. The molecule has 2 N–H and O–H groups in total. The Balaban J connectivity index is 2.07. The molecule has 0 aromatic heterocycles. The molecular weight excluding hydrogens is 240 g/mol. The van der Waals surface area contributed by atoms with Crippen LogP contribution in [0.15, 0.2) is 24.3 Å². The van der Waals surface area contributed by atoms with Crippen LogP contribution in [0.2, 0.25) is 0 Å². The van der Waals surface area contributed by atoms with Gasteiger partial charge in [0.05, 0.1) is 13.2 Å². The summed E-state index contributed by atoms with van der Waals surface area (Å²) in [7, 11) is 1.62. The van der Waals surface area contributed by atoms with Crippen LogP contribution in [0.1, 0.15) is 26.7 Å². The topological polar surface area (TPSA) is 50.4 Å². The lowest BCUT2D eigenvalue weighted by atomic mass is 9.77. The van der Waals surface area contributed by atoms with Gasteiger partial charge in [-0.1, -0.05) is 19.9 Å². The van der Waals surface area contributed by atoms with Crippen molar-refractivity contribution in [2.75, 3.05) is 19.0 Å². The smallest absolute Gasteiger partial charge is 0.242 e. The first kappa shape index (κ1) is 13.9. The van der Waals surface area contributed by atoms with Crippen molar-refractivity contribution in [1.29, 1.82) is 0 Å². The zero-order valence-electron chi connectivity index (χ0n) is 11.8. The average Bonchev–Trinajstić information content (AvgIpc) is 2.38. The number of nitrogens with one attached hydrogen (secondary N) is 2. The number of carbonyl (C=O) groups is 1. The summed E-state index contributed by atoms with van der Waals surface area (Å²) in [5.74, 6) is 0.770. The summed E-state index contributed by atoms with van der Waals surface area (Å²) in [6.07, 6.45) is 2.19. The summed E-state index contributed by atoms with van der Waals surface area (Å²) < 4.78 is 5.16. The van der Waals surface area contributed by atoms with Crippen LogP contribution in [0.3, 0.4) is 0 Å². The van der Waals surface area contributed by atoms with Gasteiger partial charge in [-0.25, -0.2) is 0 Å². The number of anilines is 1. The van der Waals surface area contributed by atoms with E-state index in [-0.39, 0.29) is 17.4 Å². The van der Waals surface area contributed by atoms with Gasteiger partial charge < -0.3 is 15.4 Å². The van der Waals surface area contributed by atoms with Crippen LogP contribution < -0.4 is 15.4 Å². The molecule has 1 amide bonds. The maximum atomic E-state index is 12.4. The molecule has 4 nitrogen and oxygen atoms in total. The van der Waals surface area contributed by atoms with E-state index in [0.717, 1.165) is 30.8 Å². The molecule has 1 unspecified atom stereocenters. The van der Waals surface area contributed by atoms with Crippen molar-refractivity contribution in [1.82, 2.24) is 5.32 Å². The number of ether oxygens (including phenoxy) is 1. The summed E-state index contributed by atoms with van der Waals surface area (Å²) >= 11 is 0. The average molecular weight is 262 g/mol. The minimum atomic E-state index is -0.146. The highest BCUT2D eigenvalue weighted by molar-refractivity contribution is 5.95. The number of benzene rings is 1. The van der Waals surface area contributed by atoms with Crippen LogP contribution in [-0.4, -0.2) is 25.6 Å². The second-order valence-corrected chi connectivity index (χ2v) is 5.70. The molecule has 0 saturated carbocycles. The van der Waals surface area contributed by atoms with Crippen LogP contribution in [-0.2, 0) is 4.79 Å². The van der Waals surface area contributed by atoms with E-state index in [2.05, 4.69) is 24.5 Å². The van der Waals surface area contributed by atoms with Crippen molar-refractivity contribution >= 4 is 11.6 Å². The minimum absolute atomic E-state index is 0.0127. The van der Waals surface area contributed by atoms with E-state index in [1.54, 1.807) is 7.11 Å². The fourth-order valence-corrected chi connectivity index (χ4v) is 2.57. The van der Waals surface area contributed by atoms with Gasteiger partial charge in [0.2, 0.25) is 5.91 Å². The molecule has 0 bridgehead atoms. The first-order valence-corrected chi connectivity index (χ1v) is 6.71. The molecule has 1 aliphatic heterocycles. The van der Waals surface area contributed by atoms with Crippen LogP contribution in [0.5, 0.6) is 5.75 Å². The van der Waals surface area contributed by atoms with Crippen molar-refractivity contribution in [3.05, 3.63) is 24.3 Å². The van der Waals surface area contributed by atoms with Crippen molar-refractivity contribution in [3.8, 4) is 5.75 Å². The fourth-order valence-electron chi connectivity index (χ4n) is 2.57. The van der Waals surface area contributed by atoms with Crippen molar-refractivity contribution in [2.45, 2.75) is 32.7 Å². The lowest BCUT2D eigenvalue weighted by Gasteiger charge is -2.38. The number of hydrogen-bond donors (Lipinski definition) is 2. The molecule has 1 saturated heterocycles. The molecule has 1 heterocycles. The molecule has 0 aliphatic carbocycles. The number of hydrogen-bond acceptors (Lipinski definition) is 3. The Kier molecular flexibility index (Phi) is 4.10. The molecule has 2 rings (SSSR count). The van der Waals surface area contributed by atoms with Gasteiger partial charge in [0.1, 0.15) is 5.75 Å². The van der Waals surface area contributed by atoms with Crippen LogP contribution in [0.4, 0.5) is 5.69 Å². The van der Waals surface area contributed by atoms with Crippen molar-refractivity contribution < 1.29 is 9.53 Å². The lowest BCUT2D eigenvalue weighted by Crippen LogP contribution is -2.53. The van der Waals surface area contributed by atoms with Gasteiger partial charge in [0.25, 0.3) is 0 Å². The monoisotopic (exact) mass is 262 g/mol. The molecular formula is C15H22N2O2. The van der Waals surface area contributed by atoms with Crippen LogP contribution >= 0.6 is 0 Å². The number of piperidine rings is 1. The molecule has 1 aliphatic rings. The molecule has 19 heavy (non-hydrogen) atoms. The summed E-state index contributed by atoms with van der Waals surface area (Å²) in [5, 5.41) is 6.28. The van der Waals surface area contributed by atoms with Crippen LogP contribution in [0.25, 0.3) is 0 Å². The highest BCUT2D eigenvalue weighted by atomic mass is 16.5. The van der Waals surface area contributed by atoms with E-state index in [9.17, 15) is 4.79 Å². The second kappa shape index (κ2) is 5.61. The summed E-state index contributed by atoms with van der Waals surface area (Å²) in [6.45, 7) is 5.17. The molecule has 0 spiro atoms. The largest absolute Gasteiger partial charge is 0.497 e. The Bertz CT molecular complexity index is 457. The van der Waals surface area contributed by atoms with E-state index in [0.29, 0.717) is 0 Å². The molecule has 104 valence electrons. The Morgan fingerprint density at radius 2 is 2.26 bits per heavy atom. The second-order valence-electron chi connectivity index (χ2n) is 5.70. The van der Waals surface area contributed by atoms with Gasteiger partial charge in [-0.3, -0.25) is 4.79 Å². The minimum Gasteiger partial charge on any atom is -0.497 e. The van der Waals surface area contributed by atoms with E-state index in [1.807, 2.05) is 24.3 Å². The summed E-state index contributed by atoms with van der Waals surface area (Å²) in [5.41, 5.74) is 0.758. The maximum absolute atomic E-state index is 12.4. The Morgan fingerprint density at radius 3 is 2.95 bits per heavy atom. The van der Waals surface area contributed by atoms with Gasteiger partial charge in [-0.2, -0.15) is 0 Å². The Hall–Kier alpha value is -1.55. The maximum Gasteiger partial charge on any atom is 0.242 e. The fraction of sp³-hybridized carbons (Fsp3) is 0.533. The SMILES string of the molecule is COc1cccc(NC(=O)C2NCCCC2(C)C)c1. The zero-order valence-corrected chi connectivity index (χ0v) is 11.8. The lowest BCUT2D eigenvalue weighted by molar-refractivity contribution is -0.121. The molecule has 4 heteroatoms. The van der Waals surface area contributed by atoms with Gasteiger partial charge in [-0.05, 0) is 36.9 Å². The highest BCUT2D eigenvalue weighted by Gasteiger charge is 2.37. The normalized spacial score (nSPS) is 21.7. The number of methoxy groups -OCH3 is 1. The zero-order chi connectivity index (χ0) is 13.9. The predicted octanol–water partition coefficient (Wildman–Crippen LogP) is 2.41. The Labute approximate surface area is 114 Å². The molecule has 0 radical (unpaired) electrons. The Morgan fingerprint density at radius 1 is 1.47 bits per heavy atom.